The summed E-state index contributed by atoms with van der Waals surface area (Å²) in [6.45, 7) is 10.4. The molecular formula is C32H41NO6. The number of aliphatic hydroxyl groups is 1. The van der Waals surface area contributed by atoms with Crippen molar-refractivity contribution < 1.29 is 29.0 Å². The van der Waals surface area contributed by atoms with Gasteiger partial charge in [0, 0.05) is 31.7 Å². The van der Waals surface area contributed by atoms with Gasteiger partial charge < -0.3 is 19.9 Å². The van der Waals surface area contributed by atoms with Crippen LogP contribution in [-0.4, -0.2) is 46.8 Å². The molecule has 0 radical (unpaired) electrons. The SMILES string of the molecule is CC(=O)O[C@@H]1C(C)=C(C)[C@H]2[C@H](Cc3ccccc3)NC(=O)[C@]23[C@H](OC(C)=O)/C=C/[C@](C)(O)C[C@@H](C)C/C=C/[C@@H]13. The van der Waals surface area contributed by atoms with E-state index in [2.05, 4.69) is 12.2 Å². The summed E-state index contributed by atoms with van der Waals surface area (Å²) in [5, 5.41) is 14.4. The average molecular weight is 536 g/mol. The number of nitrogens with one attached hydrogen (secondary N) is 1. The fourth-order valence-electron chi connectivity index (χ4n) is 7.08. The molecule has 2 N–H and O–H groups in total. The topological polar surface area (TPSA) is 102 Å². The largest absolute Gasteiger partial charge is 0.457 e. The Kier molecular flexibility index (Phi) is 8.22. The van der Waals surface area contributed by atoms with Crippen molar-refractivity contribution in [2.24, 2.45) is 23.2 Å². The van der Waals surface area contributed by atoms with Gasteiger partial charge in [0.05, 0.1) is 5.60 Å². The van der Waals surface area contributed by atoms with Gasteiger partial charge in [-0.05, 0) is 63.2 Å². The van der Waals surface area contributed by atoms with Crippen LogP contribution in [0.25, 0.3) is 0 Å². The molecule has 210 valence electrons. The zero-order chi connectivity index (χ0) is 28.5. The van der Waals surface area contributed by atoms with Crippen LogP contribution in [0.2, 0.25) is 0 Å². The summed E-state index contributed by atoms with van der Waals surface area (Å²) in [7, 11) is 0. The van der Waals surface area contributed by atoms with Crippen LogP contribution in [0, 0.1) is 23.2 Å². The van der Waals surface area contributed by atoms with Crippen LogP contribution in [0.3, 0.4) is 0 Å². The Labute approximate surface area is 231 Å². The molecular weight excluding hydrogens is 494 g/mol. The van der Waals surface area contributed by atoms with Crippen LogP contribution in [0.5, 0.6) is 0 Å². The van der Waals surface area contributed by atoms with E-state index >= 15 is 0 Å². The minimum atomic E-state index is -1.30. The molecule has 7 nitrogen and oxygen atoms in total. The highest BCUT2D eigenvalue weighted by atomic mass is 16.6. The first-order valence-corrected chi connectivity index (χ1v) is 13.8. The second kappa shape index (κ2) is 11.1. The number of carbonyl (C=O) groups excluding carboxylic acids is 3. The number of amides is 1. The van der Waals surface area contributed by atoms with Crippen molar-refractivity contribution in [1.29, 1.82) is 0 Å². The van der Waals surface area contributed by atoms with E-state index in [4.69, 9.17) is 9.47 Å². The quantitative estimate of drug-likeness (QED) is 0.436. The van der Waals surface area contributed by atoms with Gasteiger partial charge in [-0.2, -0.15) is 0 Å². The molecule has 1 amide bonds. The Morgan fingerprint density at radius 1 is 1.05 bits per heavy atom. The van der Waals surface area contributed by atoms with E-state index in [1.165, 1.54) is 13.8 Å². The van der Waals surface area contributed by atoms with Gasteiger partial charge in [0.1, 0.15) is 17.6 Å². The molecule has 1 aliphatic heterocycles. The van der Waals surface area contributed by atoms with Crippen molar-refractivity contribution >= 4 is 17.8 Å². The van der Waals surface area contributed by atoms with Crippen molar-refractivity contribution in [1.82, 2.24) is 5.32 Å². The number of hydrogen-bond acceptors (Lipinski definition) is 6. The lowest BCUT2D eigenvalue weighted by atomic mass is 9.54. The number of esters is 2. The van der Waals surface area contributed by atoms with Crippen LogP contribution < -0.4 is 5.32 Å². The summed E-state index contributed by atoms with van der Waals surface area (Å²) < 4.78 is 11.9. The van der Waals surface area contributed by atoms with E-state index in [-0.39, 0.29) is 23.8 Å². The summed E-state index contributed by atoms with van der Waals surface area (Å²) in [6, 6.07) is 9.69. The van der Waals surface area contributed by atoms with E-state index in [1.54, 1.807) is 19.1 Å². The standard InChI is InChI=1S/C32H41NO6/c1-19-11-10-14-25-29(39-23(5)35)21(3)20(2)28-26(17-24-12-8-7-9-13-24)33-30(36)32(25,28)27(38-22(4)34)15-16-31(6,37)18-19/h7-10,12-16,19,25-29,37H,11,17-18H2,1-6H3,(H,33,36)/b14-10+,16-15+/t19-,25-,26-,27+,28-,29+,31-,32+/m0/s1. The molecule has 4 rings (SSSR count). The first kappa shape index (κ1) is 28.8. The van der Waals surface area contributed by atoms with Crippen LogP contribution in [0.15, 0.2) is 65.8 Å². The van der Waals surface area contributed by atoms with E-state index in [0.717, 1.165) is 16.7 Å². The third-order valence-corrected chi connectivity index (χ3v) is 8.65. The third kappa shape index (κ3) is 5.60. The number of benzene rings is 1. The van der Waals surface area contributed by atoms with Gasteiger partial charge in [0.15, 0.2) is 0 Å². The summed E-state index contributed by atoms with van der Waals surface area (Å²) in [5.74, 6) is -2.04. The first-order valence-electron chi connectivity index (χ1n) is 13.8. The van der Waals surface area contributed by atoms with Gasteiger partial charge in [-0.15, -0.1) is 0 Å². The second-order valence-corrected chi connectivity index (χ2v) is 11.8. The number of hydrogen-bond donors (Lipinski definition) is 2. The van der Waals surface area contributed by atoms with E-state index < -0.39 is 41.1 Å². The lowest BCUT2D eigenvalue weighted by Crippen LogP contribution is -2.58. The minimum Gasteiger partial charge on any atom is -0.457 e. The Hall–Kier alpha value is -3.19. The molecule has 0 aromatic heterocycles. The van der Waals surface area contributed by atoms with Crippen LogP contribution in [0.4, 0.5) is 0 Å². The average Bonchev–Trinajstić information content (AvgIpc) is 3.12. The second-order valence-electron chi connectivity index (χ2n) is 11.8. The lowest BCUT2D eigenvalue weighted by molar-refractivity contribution is -0.167. The Bertz CT molecular complexity index is 1200. The molecule has 1 aromatic carbocycles. The van der Waals surface area contributed by atoms with Crippen LogP contribution >= 0.6 is 0 Å². The fraction of sp³-hybridized carbons (Fsp3) is 0.531. The van der Waals surface area contributed by atoms with E-state index in [1.807, 2.05) is 56.3 Å². The Morgan fingerprint density at radius 3 is 2.36 bits per heavy atom. The predicted octanol–water partition coefficient (Wildman–Crippen LogP) is 4.45. The predicted molar refractivity (Wildman–Crippen MR) is 148 cm³/mol. The molecule has 1 heterocycles. The number of allylic oxidation sites excluding steroid dienone is 1. The maximum Gasteiger partial charge on any atom is 0.303 e. The summed E-state index contributed by atoms with van der Waals surface area (Å²) in [6.07, 6.45) is 7.36. The smallest absolute Gasteiger partial charge is 0.303 e. The molecule has 1 aromatic rings. The molecule has 1 fully saturated rings. The summed E-state index contributed by atoms with van der Waals surface area (Å²) in [4.78, 5) is 39.3. The van der Waals surface area contributed by atoms with Crippen LogP contribution in [-0.2, 0) is 30.3 Å². The fourth-order valence-corrected chi connectivity index (χ4v) is 7.08. The van der Waals surface area contributed by atoms with Gasteiger partial charge in [0.25, 0.3) is 0 Å². The highest BCUT2D eigenvalue weighted by Gasteiger charge is 2.68. The number of carbonyl (C=O) groups is 3. The van der Waals surface area contributed by atoms with Gasteiger partial charge in [-0.1, -0.05) is 61.1 Å². The van der Waals surface area contributed by atoms with Crippen LogP contribution in [0.1, 0.15) is 59.9 Å². The molecule has 7 heteroatoms. The molecule has 8 atom stereocenters. The zero-order valence-corrected chi connectivity index (χ0v) is 23.8. The monoisotopic (exact) mass is 535 g/mol. The minimum absolute atomic E-state index is 0.148. The normalized spacial score (nSPS) is 38.0. The molecule has 39 heavy (non-hydrogen) atoms. The number of rotatable bonds is 4. The molecule has 2 aliphatic carbocycles. The van der Waals surface area contributed by atoms with Crippen molar-refractivity contribution in [2.75, 3.05) is 0 Å². The highest BCUT2D eigenvalue weighted by Crippen LogP contribution is 2.58. The Morgan fingerprint density at radius 2 is 1.72 bits per heavy atom. The summed E-state index contributed by atoms with van der Waals surface area (Å²) in [5.41, 5.74) is 0.445. The van der Waals surface area contributed by atoms with E-state index in [0.29, 0.717) is 19.3 Å². The first-order chi connectivity index (χ1) is 18.4. The molecule has 0 unspecified atom stereocenters. The van der Waals surface area contributed by atoms with E-state index in [9.17, 15) is 19.5 Å². The zero-order valence-electron chi connectivity index (χ0n) is 23.8. The molecule has 1 spiro atoms. The van der Waals surface area contributed by atoms with Crippen molar-refractivity contribution in [2.45, 2.75) is 84.7 Å². The van der Waals surface area contributed by atoms with Crippen molar-refractivity contribution in [3.05, 3.63) is 71.3 Å². The van der Waals surface area contributed by atoms with Gasteiger partial charge in [-0.25, -0.2) is 0 Å². The van der Waals surface area contributed by atoms with Gasteiger partial charge >= 0.3 is 11.9 Å². The maximum absolute atomic E-state index is 14.4. The molecule has 1 saturated heterocycles. The van der Waals surface area contributed by atoms with Crippen molar-refractivity contribution in [3.8, 4) is 0 Å². The molecule has 3 aliphatic rings. The summed E-state index contributed by atoms with van der Waals surface area (Å²) >= 11 is 0. The number of ether oxygens (including phenoxy) is 2. The third-order valence-electron chi connectivity index (χ3n) is 8.65. The highest BCUT2D eigenvalue weighted by molar-refractivity contribution is 5.90. The maximum atomic E-state index is 14.4. The van der Waals surface area contributed by atoms with Gasteiger partial charge in [0.2, 0.25) is 5.91 Å². The van der Waals surface area contributed by atoms with Crippen molar-refractivity contribution in [3.63, 3.8) is 0 Å². The molecule has 0 saturated carbocycles. The molecule has 0 bridgehead atoms. The Balaban J connectivity index is 1.99. The van der Waals surface area contributed by atoms with Gasteiger partial charge in [-0.3, -0.25) is 14.4 Å². The lowest BCUT2D eigenvalue weighted by Gasteiger charge is -2.50.